The number of aryl methyl sites for hydroxylation is 2. The van der Waals surface area contributed by atoms with Crippen LogP contribution in [0.5, 0.6) is 0 Å². The zero-order valence-electron chi connectivity index (χ0n) is 12.1. The van der Waals surface area contributed by atoms with Crippen molar-refractivity contribution in [1.82, 2.24) is 4.90 Å². The number of carbonyl (C=O) groups excluding carboxylic acids is 1. The average molecular weight is 276 g/mol. The van der Waals surface area contributed by atoms with Gasteiger partial charge >= 0.3 is 12.0 Å². The summed E-state index contributed by atoms with van der Waals surface area (Å²) in [5, 5.41) is 9.16. The summed E-state index contributed by atoms with van der Waals surface area (Å²) < 4.78 is 0. The first-order chi connectivity index (χ1) is 9.41. The Morgan fingerprint density at radius 2 is 2.05 bits per heavy atom. The molecule has 1 aromatic rings. The van der Waals surface area contributed by atoms with Crippen LogP contribution in [-0.2, 0) is 4.79 Å². The zero-order valence-corrected chi connectivity index (χ0v) is 12.1. The molecule has 0 radical (unpaired) electrons. The van der Waals surface area contributed by atoms with E-state index in [1.807, 2.05) is 32.0 Å². The number of aliphatic carboxylic acids is 1. The Balaban J connectivity index is 2.22. The van der Waals surface area contributed by atoms with E-state index < -0.39 is 12.0 Å². The van der Waals surface area contributed by atoms with Gasteiger partial charge in [-0.1, -0.05) is 17.7 Å². The number of hydrogen-bond acceptors (Lipinski definition) is 2. The second-order valence-corrected chi connectivity index (χ2v) is 5.32. The highest BCUT2D eigenvalue weighted by Crippen LogP contribution is 2.24. The fourth-order valence-electron chi connectivity index (χ4n) is 2.73. The molecule has 1 saturated heterocycles. The number of carbonyl (C=O) groups is 2. The van der Waals surface area contributed by atoms with Crippen LogP contribution in [0.4, 0.5) is 10.5 Å². The predicted molar refractivity (Wildman–Crippen MR) is 77.1 cm³/mol. The van der Waals surface area contributed by atoms with Crippen molar-refractivity contribution in [1.29, 1.82) is 0 Å². The van der Waals surface area contributed by atoms with E-state index in [0.29, 0.717) is 13.0 Å². The number of benzene rings is 1. The molecule has 1 fully saturated rings. The summed E-state index contributed by atoms with van der Waals surface area (Å²) in [6, 6.07) is 4.91. The number of nitrogens with zero attached hydrogens (tertiary/aromatic N) is 2. The lowest BCUT2D eigenvalue weighted by molar-refractivity contribution is -0.141. The van der Waals surface area contributed by atoms with Gasteiger partial charge in [0.25, 0.3) is 0 Å². The minimum atomic E-state index is -0.926. The van der Waals surface area contributed by atoms with E-state index in [0.717, 1.165) is 23.2 Å². The highest BCUT2D eigenvalue weighted by atomic mass is 16.4. The first-order valence-corrected chi connectivity index (χ1v) is 6.76. The van der Waals surface area contributed by atoms with Crippen LogP contribution < -0.4 is 4.90 Å². The lowest BCUT2D eigenvalue weighted by Gasteiger charge is -2.28. The smallest absolute Gasteiger partial charge is 0.326 e. The Kier molecular flexibility index (Phi) is 3.97. The van der Waals surface area contributed by atoms with Gasteiger partial charge in [-0.05, 0) is 38.3 Å². The van der Waals surface area contributed by atoms with Gasteiger partial charge < -0.3 is 10.0 Å². The molecule has 1 atom stereocenters. The molecule has 1 aromatic carbocycles. The van der Waals surface area contributed by atoms with Gasteiger partial charge in [0, 0.05) is 19.3 Å². The Morgan fingerprint density at radius 1 is 1.35 bits per heavy atom. The number of amides is 2. The number of rotatable bonds is 2. The number of urea groups is 1. The third kappa shape index (κ3) is 2.61. The van der Waals surface area contributed by atoms with E-state index in [9.17, 15) is 9.59 Å². The van der Waals surface area contributed by atoms with Gasteiger partial charge in [-0.25, -0.2) is 9.59 Å². The van der Waals surface area contributed by atoms with Gasteiger partial charge in [0.1, 0.15) is 6.04 Å². The third-order valence-corrected chi connectivity index (χ3v) is 3.78. The van der Waals surface area contributed by atoms with Crippen molar-refractivity contribution in [3.63, 3.8) is 0 Å². The molecule has 1 heterocycles. The van der Waals surface area contributed by atoms with E-state index in [2.05, 4.69) is 0 Å². The van der Waals surface area contributed by atoms with Crippen LogP contribution in [0.1, 0.15) is 24.0 Å². The summed E-state index contributed by atoms with van der Waals surface area (Å²) in [7, 11) is 1.69. The predicted octanol–water partition coefficient (Wildman–Crippen LogP) is 2.41. The highest BCUT2D eigenvalue weighted by molar-refractivity contribution is 5.95. The van der Waals surface area contributed by atoms with Crippen LogP contribution >= 0.6 is 0 Å². The number of likely N-dealkylation sites (tertiary alicyclic amines) is 1. The molecule has 0 unspecified atom stereocenters. The molecule has 2 rings (SSSR count). The van der Waals surface area contributed by atoms with Crippen molar-refractivity contribution in [2.24, 2.45) is 0 Å². The lowest BCUT2D eigenvalue weighted by atomic mass is 10.1. The van der Waals surface area contributed by atoms with Crippen LogP contribution in [-0.4, -0.2) is 41.6 Å². The molecule has 1 N–H and O–H groups in total. The van der Waals surface area contributed by atoms with Crippen molar-refractivity contribution < 1.29 is 14.7 Å². The monoisotopic (exact) mass is 276 g/mol. The minimum absolute atomic E-state index is 0.248. The molecule has 1 aliphatic rings. The third-order valence-electron chi connectivity index (χ3n) is 3.78. The molecule has 1 aliphatic heterocycles. The molecular formula is C15H20N2O3. The number of carboxylic acids is 1. The molecule has 0 aliphatic carbocycles. The van der Waals surface area contributed by atoms with E-state index in [1.54, 1.807) is 7.05 Å². The van der Waals surface area contributed by atoms with Gasteiger partial charge in [-0.2, -0.15) is 0 Å². The van der Waals surface area contributed by atoms with E-state index in [4.69, 9.17) is 5.11 Å². The summed E-state index contributed by atoms with van der Waals surface area (Å²) >= 11 is 0. The first kappa shape index (κ1) is 14.4. The van der Waals surface area contributed by atoms with Crippen LogP contribution in [0.3, 0.4) is 0 Å². The number of carboxylic acid groups (broad SMARTS) is 1. The molecule has 0 bridgehead atoms. The molecule has 0 aromatic heterocycles. The summed E-state index contributed by atoms with van der Waals surface area (Å²) in [6.07, 6.45) is 1.27. The Labute approximate surface area is 118 Å². The molecule has 2 amide bonds. The zero-order chi connectivity index (χ0) is 14.9. The van der Waals surface area contributed by atoms with Crippen molar-refractivity contribution in [3.8, 4) is 0 Å². The topological polar surface area (TPSA) is 60.9 Å². The summed E-state index contributed by atoms with van der Waals surface area (Å²) in [5.74, 6) is -0.926. The summed E-state index contributed by atoms with van der Waals surface area (Å²) in [5.41, 5.74) is 2.96. The first-order valence-electron chi connectivity index (χ1n) is 6.76. The minimum Gasteiger partial charge on any atom is -0.480 e. The fraction of sp³-hybridized carbons (Fsp3) is 0.467. The van der Waals surface area contributed by atoms with E-state index >= 15 is 0 Å². The van der Waals surface area contributed by atoms with Gasteiger partial charge in [0.15, 0.2) is 0 Å². The maximum absolute atomic E-state index is 12.5. The second kappa shape index (κ2) is 5.53. The maximum Gasteiger partial charge on any atom is 0.326 e. The SMILES string of the molecule is Cc1ccc(N(C)C(=O)N2CCC[C@@H]2C(=O)O)c(C)c1. The molecule has 108 valence electrons. The van der Waals surface area contributed by atoms with Crippen molar-refractivity contribution >= 4 is 17.7 Å². The number of anilines is 1. The van der Waals surface area contributed by atoms with Gasteiger partial charge in [-0.3, -0.25) is 4.90 Å². The van der Waals surface area contributed by atoms with Crippen molar-refractivity contribution in [2.75, 3.05) is 18.5 Å². The molecule has 5 heteroatoms. The molecule has 20 heavy (non-hydrogen) atoms. The summed E-state index contributed by atoms with van der Waals surface area (Å²) in [6.45, 7) is 4.45. The number of hydrogen-bond donors (Lipinski definition) is 1. The normalized spacial score (nSPS) is 18.1. The second-order valence-electron chi connectivity index (χ2n) is 5.32. The maximum atomic E-state index is 12.5. The van der Waals surface area contributed by atoms with Crippen LogP contribution in [0.2, 0.25) is 0 Å². The molecule has 0 saturated carbocycles. The molecule has 5 nitrogen and oxygen atoms in total. The van der Waals surface area contributed by atoms with Crippen LogP contribution in [0.15, 0.2) is 18.2 Å². The summed E-state index contributed by atoms with van der Waals surface area (Å²) in [4.78, 5) is 26.6. The van der Waals surface area contributed by atoms with E-state index in [1.165, 1.54) is 9.80 Å². The van der Waals surface area contributed by atoms with Gasteiger partial charge in [0.2, 0.25) is 0 Å². The van der Waals surface area contributed by atoms with Gasteiger partial charge in [-0.15, -0.1) is 0 Å². The van der Waals surface area contributed by atoms with Crippen molar-refractivity contribution in [3.05, 3.63) is 29.3 Å². The van der Waals surface area contributed by atoms with Crippen LogP contribution in [0, 0.1) is 13.8 Å². The lowest BCUT2D eigenvalue weighted by Crippen LogP contribution is -2.47. The Bertz CT molecular complexity index is 542. The molecule has 0 spiro atoms. The Morgan fingerprint density at radius 3 is 2.65 bits per heavy atom. The van der Waals surface area contributed by atoms with Gasteiger partial charge in [0.05, 0.1) is 0 Å². The Hall–Kier alpha value is -2.04. The highest BCUT2D eigenvalue weighted by Gasteiger charge is 2.35. The average Bonchev–Trinajstić information content (AvgIpc) is 2.86. The largest absolute Gasteiger partial charge is 0.480 e. The quantitative estimate of drug-likeness (QED) is 0.902. The molecular weight excluding hydrogens is 256 g/mol. The van der Waals surface area contributed by atoms with E-state index in [-0.39, 0.29) is 6.03 Å². The standard InChI is InChI=1S/C15H20N2O3/c1-10-6-7-12(11(2)9-10)16(3)15(20)17-8-4-5-13(17)14(18)19/h6-7,9,13H,4-5,8H2,1-3H3,(H,18,19)/t13-/m1/s1. The van der Waals surface area contributed by atoms with Crippen LogP contribution in [0.25, 0.3) is 0 Å². The fourth-order valence-corrected chi connectivity index (χ4v) is 2.73. The van der Waals surface area contributed by atoms with Crippen molar-refractivity contribution in [2.45, 2.75) is 32.7 Å².